The second-order valence-electron chi connectivity index (χ2n) is 3.47. The maximum Gasteiger partial charge on any atom is 0.230 e. The summed E-state index contributed by atoms with van der Waals surface area (Å²) in [4.78, 5) is 11.5. The van der Waals surface area contributed by atoms with Crippen LogP contribution in [-0.2, 0) is 7.05 Å². The molecule has 0 spiro atoms. The van der Waals surface area contributed by atoms with Crippen LogP contribution < -0.4 is 5.43 Å². The van der Waals surface area contributed by atoms with Gasteiger partial charge in [-0.2, -0.15) is 0 Å². The molecule has 14 heavy (non-hydrogen) atoms. The predicted octanol–water partition coefficient (Wildman–Crippen LogP) is 1.55. The minimum atomic E-state index is -0.307. The Hall–Kier alpha value is -1.77. The molecule has 0 saturated carbocycles. The van der Waals surface area contributed by atoms with Crippen molar-refractivity contribution in [3.63, 3.8) is 0 Å². The molecule has 2 aromatic rings. The highest BCUT2D eigenvalue weighted by Gasteiger charge is 2.05. The van der Waals surface area contributed by atoms with E-state index in [1.165, 1.54) is 6.20 Å². The van der Waals surface area contributed by atoms with Crippen LogP contribution >= 0.6 is 0 Å². The van der Waals surface area contributed by atoms with E-state index in [-0.39, 0.29) is 11.2 Å². The Morgan fingerprint density at radius 1 is 1.36 bits per heavy atom. The standard InChI is InChI=1S/C11H11NO2/c1-7-3-4-8-9(5-7)12(2)6-10(13)11(8)14/h3-6,13H,1-2H3. The second kappa shape index (κ2) is 2.87. The Labute approximate surface area is 81.2 Å². The van der Waals surface area contributed by atoms with E-state index in [1.807, 2.05) is 19.1 Å². The molecule has 1 aromatic carbocycles. The fraction of sp³-hybridized carbons (Fsp3) is 0.182. The number of nitrogens with zero attached hydrogens (tertiary/aromatic N) is 1. The Bertz CT molecular complexity index is 555. The molecule has 0 aliphatic rings. The highest BCUT2D eigenvalue weighted by Crippen LogP contribution is 2.14. The van der Waals surface area contributed by atoms with Crippen molar-refractivity contribution in [2.24, 2.45) is 7.05 Å². The molecule has 0 fully saturated rings. The van der Waals surface area contributed by atoms with Crippen LogP contribution in [0.15, 0.2) is 29.2 Å². The van der Waals surface area contributed by atoms with Gasteiger partial charge in [-0.3, -0.25) is 4.79 Å². The Balaban J connectivity index is 3.02. The molecular formula is C11H11NO2. The van der Waals surface area contributed by atoms with Gasteiger partial charge in [-0.25, -0.2) is 0 Å². The molecule has 0 saturated heterocycles. The van der Waals surface area contributed by atoms with Gasteiger partial charge in [-0.15, -0.1) is 0 Å². The Morgan fingerprint density at radius 2 is 2.07 bits per heavy atom. The van der Waals surface area contributed by atoms with Gasteiger partial charge in [-0.1, -0.05) is 6.07 Å². The molecule has 0 bridgehead atoms. The summed E-state index contributed by atoms with van der Waals surface area (Å²) in [5.41, 5.74) is 1.63. The van der Waals surface area contributed by atoms with E-state index in [0.29, 0.717) is 5.39 Å². The Kier molecular flexibility index (Phi) is 1.81. The number of aromatic hydroxyl groups is 1. The quantitative estimate of drug-likeness (QED) is 0.683. The average Bonchev–Trinajstić information content (AvgIpc) is 2.14. The molecule has 0 aliphatic carbocycles. The smallest absolute Gasteiger partial charge is 0.230 e. The van der Waals surface area contributed by atoms with Crippen LogP contribution in [0.1, 0.15) is 5.56 Å². The van der Waals surface area contributed by atoms with Gasteiger partial charge in [0.15, 0.2) is 5.75 Å². The van der Waals surface area contributed by atoms with Crippen molar-refractivity contribution >= 4 is 10.9 Å². The summed E-state index contributed by atoms with van der Waals surface area (Å²) < 4.78 is 1.75. The molecule has 2 rings (SSSR count). The van der Waals surface area contributed by atoms with Crippen molar-refractivity contribution in [2.75, 3.05) is 0 Å². The van der Waals surface area contributed by atoms with E-state index >= 15 is 0 Å². The van der Waals surface area contributed by atoms with E-state index in [1.54, 1.807) is 17.7 Å². The maximum absolute atomic E-state index is 11.5. The normalized spacial score (nSPS) is 10.7. The van der Waals surface area contributed by atoms with Crippen LogP contribution in [0.2, 0.25) is 0 Å². The molecule has 3 heteroatoms. The molecule has 0 radical (unpaired) electrons. The minimum Gasteiger partial charge on any atom is -0.503 e. The third-order valence-corrected chi connectivity index (χ3v) is 2.33. The zero-order chi connectivity index (χ0) is 10.3. The van der Waals surface area contributed by atoms with Gasteiger partial charge in [0.2, 0.25) is 5.43 Å². The van der Waals surface area contributed by atoms with E-state index in [9.17, 15) is 9.90 Å². The molecule has 0 unspecified atom stereocenters. The van der Waals surface area contributed by atoms with Crippen LogP contribution in [0.5, 0.6) is 5.75 Å². The van der Waals surface area contributed by atoms with Gasteiger partial charge >= 0.3 is 0 Å². The molecule has 0 atom stereocenters. The predicted molar refractivity (Wildman–Crippen MR) is 55.6 cm³/mol. The average molecular weight is 189 g/mol. The molecule has 72 valence electrons. The van der Waals surface area contributed by atoms with Crippen molar-refractivity contribution in [3.05, 3.63) is 40.2 Å². The molecule has 0 amide bonds. The molecule has 1 aromatic heterocycles. The van der Waals surface area contributed by atoms with E-state index in [0.717, 1.165) is 11.1 Å². The highest BCUT2D eigenvalue weighted by molar-refractivity contribution is 5.80. The summed E-state index contributed by atoms with van der Waals surface area (Å²) in [6.07, 6.45) is 1.43. The molecule has 1 N–H and O–H groups in total. The summed E-state index contributed by atoms with van der Waals surface area (Å²) in [7, 11) is 1.81. The molecule has 1 heterocycles. The van der Waals surface area contributed by atoms with Crippen LogP contribution in [0.4, 0.5) is 0 Å². The van der Waals surface area contributed by atoms with Gasteiger partial charge in [0, 0.05) is 12.4 Å². The largest absolute Gasteiger partial charge is 0.503 e. The highest BCUT2D eigenvalue weighted by atomic mass is 16.3. The number of aromatic nitrogens is 1. The molecule has 3 nitrogen and oxygen atoms in total. The van der Waals surface area contributed by atoms with E-state index in [4.69, 9.17) is 0 Å². The lowest BCUT2D eigenvalue weighted by atomic mass is 10.1. The van der Waals surface area contributed by atoms with Gasteiger partial charge in [-0.05, 0) is 24.6 Å². The summed E-state index contributed by atoms with van der Waals surface area (Å²) in [5.74, 6) is -0.205. The third kappa shape index (κ3) is 1.18. The number of benzene rings is 1. The number of aryl methyl sites for hydroxylation is 2. The SMILES string of the molecule is Cc1ccc2c(=O)c(O)cn(C)c2c1. The first kappa shape index (κ1) is 8.81. The first-order chi connectivity index (χ1) is 6.59. The minimum absolute atomic E-state index is 0.205. The fourth-order valence-corrected chi connectivity index (χ4v) is 1.58. The zero-order valence-corrected chi connectivity index (χ0v) is 8.11. The summed E-state index contributed by atoms with van der Waals surface area (Å²) in [5, 5.41) is 9.89. The summed E-state index contributed by atoms with van der Waals surface area (Å²) >= 11 is 0. The van der Waals surface area contributed by atoms with Crippen molar-refractivity contribution in [2.45, 2.75) is 6.92 Å². The number of pyridine rings is 1. The topological polar surface area (TPSA) is 42.2 Å². The molecular weight excluding hydrogens is 178 g/mol. The van der Waals surface area contributed by atoms with Gasteiger partial charge in [0.05, 0.1) is 11.7 Å². The van der Waals surface area contributed by atoms with Crippen LogP contribution in [-0.4, -0.2) is 9.67 Å². The maximum atomic E-state index is 11.5. The zero-order valence-electron chi connectivity index (χ0n) is 8.11. The van der Waals surface area contributed by atoms with Crippen LogP contribution in [0.3, 0.4) is 0 Å². The summed E-state index contributed by atoms with van der Waals surface area (Å²) in [6, 6.07) is 5.53. The molecule has 0 aliphatic heterocycles. The van der Waals surface area contributed by atoms with Crippen molar-refractivity contribution in [1.29, 1.82) is 0 Å². The van der Waals surface area contributed by atoms with Gasteiger partial charge in [0.1, 0.15) is 0 Å². The lowest BCUT2D eigenvalue weighted by molar-refractivity contribution is 0.466. The van der Waals surface area contributed by atoms with E-state index < -0.39 is 0 Å². The van der Waals surface area contributed by atoms with Gasteiger partial charge < -0.3 is 9.67 Å². The van der Waals surface area contributed by atoms with E-state index in [2.05, 4.69) is 0 Å². The van der Waals surface area contributed by atoms with Crippen molar-refractivity contribution in [3.8, 4) is 5.75 Å². The third-order valence-electron chi connectivity index (χ3n) is 2.33. The summed E-state index contributed by atoms with van der Waals surface area (Å²) in [6.45, 7) is 1.97. The monoisotopic (exact) mass is 189 g/mol. The fourth-order valence-electron chi connectivity index (χ4n) is 1.58. The number of hydrogen-bond acceptors (Lipinski definition) is 2. The van der Waals surface area contributed by atoms with Crippen LogP contribution in [0.25, 0.3) is 10.9 Å². The van der Waals surface area contributed by atoms with Crippen molar-refractivity contribution in [1.82, 2.24) is 4.57 Å². The second-order valence-corrected chi connectivity index (χ2v) is 3.47. The van der Waals surface area contributed by atoms with Gasteiger partial charge in [0.25, 0.3) is 0 Å². The Morgan fingerprint density at radius 3 is 2.79 bits per heavy atom. The number of fused-ring (bicyclic) bond motifs is 1. The van der Waals surface area contributed by atoms with Crippen LogP contribution in [0, 0.1) is 6.92 Å². The number of hydrogen-bond donors (Lipinski definition) is 1. The lowest BCUT2D eigenvalue weighted by Crippen LogP contribution is -2.06. The lowest BCUT2D eigenvalue weighted by Gasteiger charge is -2.06. The first-order valence-electron chi connectivity index (χ1n) is 4.38. The number of rotatable bonds is 0. The first-order valence-corrected chi connectivity index (χ1v) is 4.38. The van der Waals surface area contributed by atoms with Crippen molar-refractivity contribution < 1.29 is 5.11 Å².